The zero-order chi connectivity index (χ0) is 13.3. The van der Waals surface area contributed by atoms with Crippen LogP contribution in [0.5, 0.6) is 0 Å². The molecule has 1 fully saturated rings. The van der Waals surface area contributed by atoms with Gasteiger partial charge in [-0.1, -0.05) is 0 Å². The molecule has 0 aromatic heterocycles. The van der Waals surface area contributed by atoms with E-state index in [0.29, 0.717) is 6.54 Å². The number of carboxylic acid groups (broad SMARTS) is 1. The van der Waals surface area contributed by atoms with E-state index in [0.717, 1.165) is 31.0 Å². The van der Waals surface area contributed by atoms with Gasteiger partial charge in [0.1, 0.15) is 5.82 Å². The zero-order valence-electron chi connectivity index (χ0n) is 10.7. The fraction of sp³-hybridized carbons (Fsp3) is 0.500. The van der Waals surface area contributed by atoms with Crippen molar-refractivity contribution in [1.82, 2.24) is 4.90 Å². The first-order valence-corrected chi connectivity index (χ1v) is 6.16. The van der Waals surface area contributed by atoms with Crippen LogP contribution in [0, 0.1) is 5.82 Å². The van der Waals surface area contributed by atoms with Crippen molar-refractivity contribution < 1.29 is 14.3 Å². The molecule has 3 nitrogen and oxygen atoms in total. The lowest BCUT2D eigenvalue weighted by molar-refractivity contribution is 0.0696. The Kier molecular flexibility index (Phi) is 3.39. The van der Waals surface area contributed by atoms with Crippen LogP contribution in [0.3, 0.4) is 0 Å². The van der Waals surface area contributed by atoms with E-state index in [9.17, 15) is 9.18 Å². The van der Waals surface area contributed by atoms with Crippen LogP contribution in [0.25, 0.3) is 0 Å². The summed E-state index contributed by atoms with van der Waals surface area (Å²) in [5, 5.41) is 8.92. The Morgan fingerprint density at radius 2 is 2.17 bits per heavy atom. The summed E-state index contributed by atoms with van der Waals surface area (Å²) in [6, 6.07) is 4.03. The van der Waals surface area contributed by atoms with Crippen molar-refractivity contribution in [2.75, 3.05) is 6.54 Å². The highest BCUT2D eigenvalue weighted by Gasteiger charge is 2.31. The Morgan fingerprint density at radius 3 is 2.72 bits per heavy atom. The molecule has 1 heterocycles. The average molecular weight is 251 g/mol. The summed E-state index contributed by atoms with van der Waals surface area (Å²) in [4.78, 5) is 13.2. The van der Waals surface area contributed by atoms with E-state index >= 15 is 0 Å². The van der Waals surface area contributed by atoms with Crippen LogP contribution in [0.4, 0.5) is 4.39 Å². The van der Waals surface area contributed by atoms with E-state index in [1.807, 2.05) is 0 Å². The molecule has 4 heteroatoms. The van der Waals surface area contributed by atoms with Gasteiger partial charge in [-0.3, -0.25) is 4.90 Å². The minimum Gasteiger partial charge on any atom is -0.478 e. The van der Waals surface area contributed by atoms with Gasteiger partial charge in [-0.15, -0.1) is 0 Å². The van der Waals surface area contributed by atoms with Crippen LogP contribution in [0.2, 0.25) is 0 Å². The Balaban J connectivity index is 2.21. The van der Waals surface area contributed by atoms with Crippen LogP contribution in [0.15, 0.2) is 18.2 Å². The molecule has 1 N–H and O–H groups in total. The molecule has 1 aromatic carbocycles. The van der Waals surface area contributed by atoms with Crippen molar-refractivity contribution in [2.24, 2.45) is 0 Å². The predicted octanol–water partition coefficient (Wildman–Crippen LogP) is 2.90. The van der Waals surface area contributed by atoms with Crippen molar-refractivity contribution >= 4 is 5.97 Å². The number of nitrogens with zero attached hydrogens (tertiary/aromatic N) is 1. The van der Waals surface area contributed by atoms with Crippen LogP contribution in [-0.2, 0) is 6.54 Å². The molecule has 1 saturated heterocycles. The highest BCUT2D eigenvalue weighted by molar-refractivity contribution is 5.87. The maximum atomic E-state index is 13.4. The Labute approximate surface area is 106 Å². The molecule has 98 valence electrons. The first-order valence-electron chi connectivity index (χ1n) is 6.16. The van der Waals surface area contributed by atoms with Crippen LogP contribution >= 0.6 is 0 Å². The second kappa shape index (κ2) is 4.69. The van der Waals surface area contributed by atoms with Gasteiger partial charge in [0.05, 0.1) is 5.56 Å². The van der Waals surface area contributed by atoms with E-state index in [-0.39, 0.29) is 11.1 Å². The fourth-order valence-corrected chi connectivity index (χ4v) is 2.54. The number of rotatable bonds is 3. The van der Waals surface area contributed by atoms with Crippen molar-refractivity contribution in [3.8, 4) is 0 Å². The Morgan fingerprint density at radius 1 is 1.44 bits per heavy atom. The molecular weight excluding hydrogens is 233 g/mol. The fourth-order valence-electron chi connectivity index (χ4n) is 2.54. The summed E-state index contributed by atoms with van der Waals surface area (Å²) in [7, 11) is 0. The van der Waals surface area contributed by atoms with E-state index < -0.39 is 11.8 Å². The molecule has 0 radical (unpaired) electrons. The molecule has 1 aliphatic heterocycles. The molecule has 2 rings (SSSR count). The lowest BCUT2D eigenvalue weighted by Crippen LogP contribution is -2.37. The van der Waals surface area contributed by atoms with Gasteiger partial charge in [-0.25, -0.2) is 9.18 Å². The van der Waals surface area contributed by atoms with E-state index in [1.165, 1.54) is 6.07 Å². The van der Waals surface area contributed by atoms with Gasteiger partial charge >= 0.3 is 5.97 Å². The smallest absolute Gasteiger partial charge is 0.335 e. The third-order valence-electron chi connectivity index (χ3n) is 3.65. The molecular formula is C14H18FNO2. The summed E-state index contributed by atoms with van der Waals surface area (Å²) in [5.74, 6) is -1.57. The molecule has 0 bridgehead atoms. The molecule has 0 unspecified atom stereocenters. The molecule has 1 aromatic rings. The predicted molar refractivity (Wildman–Crippen MR) is 67.1 cm³/mol. The Hall–Kier alpha value is -1.42. The summed E-state index contributed by atoms with van der Waals surface area (Å²) in [5.41, 5.74) is 0.847. The minimum absolute atomic E-state index is 0.0157. The average Bonchev–Trinajstić information content (AvgIpc) is 2.57. The first kappa shape index (κ1) is 13.0. The van der Waals surface area contributed by atoms with Gasteiger partial charge in [0, 0.05) is 12.1 Å². The number of benzene rings is 1. The van der Waals surface area contributed by atoms with E-state index in [1.54, 1.807) is 6.07 Å². The quantitative estimate of drug-likeness (QED) is 0.898. The lowest BCUT2D eigenvalue weighted by Gasteiger charge is -2.31. The van der Waals surface area contributed by atoms with Gasteiger partial charge in [0.15, 0.2) is 0 Å². The zero-order valence-corrected chi connectivity index (χ0v) is 10.7. The second-order valence-corrected chi connectivity index (χ2v) is 5.49. The lowest BCUT2D eigenvalue weighted by atomic mass is 10.0. The number of carbonyl (C=O) groups is 1. The maximum absolute atomic E-state index is 13.4. The van der Waals surface area contributed by atoms with Gasteiger partial charge in [-0.05, 0) is 57.0 Å². The minimum atomic E-state index is -1.09. The van der Waals surface area contributed by atoms with Crippen LogP contribution in [0.1, 0.15) is 42.6 Å². The maximum Gasteiger partial charge on any atom is 0.335 e. The summed E-state index contributed by atoms with van der Waals surface area (Å²) in [6.45, 7) is 5.91. The highest BCUT2D eigenvalue weighted by Crippen LogP contribution is 2.29. The van der Waals surface area contributed by atoms with Crippen molar-refractivity contribution in [2.45, 2.75) is 38.8 Å². The monoisotopic (exact) mass is 251 g/mol. The molecule has 0 saturated carbocycles. The van der Waals surface area contributed by atoms with Crippen LogP contribution in [-0.4, -0.2) is 28.1 Å². The molecule has 0 aliphatic carbocycles. The van der Waals surface area contributed by atoms with Crippen molar-refractivity contribution in [3.05, 3.63) is 35.1 Å². The SMILES string of the molecule is CC1(C)CCCN1Cc1cc(F)cc(C(=O)O)c1. The van der Waals surface area contributed by atoms with Gasteiger partial charge in [0.2, 0.25) is 0 Å². The second-order valence-electron chi connectivity index (χ2n) is 5.49. The number of aromatic carboxylic acids is 1. The summed E-state index contributed by atoms with van der Waals surface area (Å²) in [6.07, 6.45) is 2.25. The van der Waals surface area contributed by atoms with E-state index in [2.05, 4.69) is 18.7 Å². The van der Waals surface area contributed by atoms with Gasteiger partial charge in [-0.2, -0.15) is 0 Å². The number of halogens is 1. The Bertz CT molecular complexity index is 471. The molecule has 18 heavy (non-hydrogen) atoms. The highest BCUT2D eigenvalue weighted by atomic mass is 19.1. The molecule has 0 amide bonds. The summed E-state index contributed by atoms with van der Waals surface area (Å²) < 4.78 is 13.4. The molecule has 0 spiro atoms. The normalized spacial score (nSPS) is 19.1. The first-order chi connectivity index (χ1) is 8.38. The largest absolute Gasteiger partial charge is 0.478 e. The topological polar surface area (TPSA) is 40.5 Å². The van der Waals surface area contributed by atoms with Crippen molar-refractivity contribution in [3.63, 3.8) is 0 Å². The number of hydrogen-bond donors (Lipinski definition) is 1. The standard InChI is InChI=1S/C14H18FNO2/c1-14(2)4-3-5-16(14)9-10-6-11(13(17)18)8-12(15)7-10/h6-8H,3-5,9H2,1-2H3,(H,17,18). The number of likely N-dealkylation sites (tertiary alicyclic amines) is 1. The van der Waals surface area contributed by atoms with Crippen molar-refractivity contribution in [1.29, 1.82) is 0 Å². The third-order valence-corrected chi connectivity index (χ3v) is 3.65. The number of hydrogen-bond acceptors (Lipinski definition) is 2. The third kappa shape index (κ3) is 2.70. The van der Waals surface area contributed by atoms with Crippen LogP contribution < -0.4 is 0 Å². The number of carboxylic acids is 1. The summed E-state index contributed by atoms with van der Waals surface area (Å²) >= 11 is 0. The molecule has 0 atom stereocenters. The van der Waals surface area contributed by atoms with Gasteiger partial charge < -0.3 is 5.11 Å². The van der Waals surface area contributed by atoms with Gasteiger partial charge in [0.25, 0.3) is 0 Å². The van der Waals surface area contributed by atoms with E-state index in [4.69, 9.17) is 5.11 Å². The molecule has 1 aliphatic rings.